The van der Waals surface area contributed by atoms with E-state index in [9.17, 15) is 76.3 Å². The van der Waals surface area contributed by atoms with Gasteiger partial charge in [-0.1, -0.05) is 180 Å². The van der Waals surface area contributed by atoms with Gasteiger partial charge in [0.15, 0.2) is 25.2 Å². The molecule has 4 saturated heterocycles. The first kappa shape index (κ1) is 74.8. The molecule has 1 amide bonds. The summed E-state index contributed by atoms with van der Waals surface area (Å²) < 4.78 is 45.7. The molecule has 0 radical (unpaired) electrons. The number of rotatable bonds is 44. The molecular weight excluding hydrogens is 1100 g/mol. The predicted octanol–water partition coefficient (Wildman–Crippen LogP) is 1.64. The Labute approximate surface area is 497 Å². The molecule has 0 aromatic rings. The van der Waals surface area contributed by atoms with Crippen molar-refractivity contribution in [1.29, 1.82) is 0 Å². The van der Waals surface area contributed by atoms with Gasteiger partial charge in [-0.3, -0.25) is 4.79 Å². The summed E-state index contributed by atoms with van der Waals surface area (Å²) in [5.74, 6) is -0.300. The van der Waals surface area contributed by atoms with Gasteiger partial charge in [-0.2, -0.15) is 0 Å². The van der Waals surface area contributed by atoms with Crippen LogP contribution in [0.5, 0.6) is 0 Å². The lowest BCUT2D eigenvalue weighted by molar-refractivity contribution is -0.389. The maximum atomic E-state index is 13.4. The summed E-state index contributed by atoms with van der Waals surface area (Å²) >= 11 is 0. The Hall–Kier alpha value is -1.67. The zero-order valence-corrected chi connectivity index (χ0v) is 50.1. The fourth-order valence-corrected chi connectivity index (χ4v) is 11.3. The van der Waals surface area contributed by atoms with Crippen LogP contribution in [0.4, 0.5) is 0 Å². The number of aliphatic hydroxyl groups is 14. The molecule has 4 rings (SSSR count). The lowest BCUT2D eigenvalue weighted by Gasteiger charge is -2.49. The van der Waals surface area contributed by atoms with Gasteiger partial charge in [-0.25, -0.2) is 0 Å². The maximum absolute atomic E-state index is 13.4. The van der Waals surface area contributed by atoms with Gasteiger partial charge in [0.1, 0.15) is 97.7 Å². The van der Waals surface area contributed by atoms with Crippen molar-refractivity contribution in [1.82, 2.24) is 5.32 Å². The quantitative estimate of drug-likeness (QED) is 0.0304. The lowest BCUT2D eigenvalue weighted by atomic mass is 9.95. The largest absolute Gasteiger partial charge is 0.394 e. The molecule has 8 unspecified atom stereocenters. The van der Waals surface area contributed by atoms with E-state index >= 15 is 0 Å². The molecule has 0 aromatic heterocycles. The highest BCUT2D eigenvalue weighted by molar-refractivity contribution is 5.76. The van der Waals surface area contributed by atoms with Gasteiger partial charge in [0.25, 0.3) is 0 Å². The van der Waals surface area contributed by atoms with Crippen LogP contribution in [0.2, 0.25) is 0 Å². The molecule has 4 heterocycles. The molecule has 0 saturated carbocycles. The van der Waals surface area contributed by atoms with Crippen molar-refractivity contribution in [2.24, 2.45) is 0 Å². The highest BCUT2D eigenvalue weighted by atomic mass is 16.8. The van der Waals surface area contributed by atoms with Crippen LogP contribution in [0, 0.1) is 0 Å². The first-order chi connectivity index (χ1) is 40.6. The van der Waals surface area contributed by atoms with Crippen molar-refractivity contribution in [2.75, 3.05) is 33.0 Å². The third kappa shape index (κ3) is 24.6. The van der Waals surface area contributed by atoms with Gasteiger partial charge >= 0.3 is 0 Å². The number of carbonyl (C=O) groups excluding carboxylic acids is 1. The summed E-state index contributed by atoms with van der Waals surface area (Å²) in [4.78, 5) is 13.4. The topological polar surface area (TPSA) is 386 Å². The summed E-state index contributed by atoms with van der Waals surface area (Å²) in [5, 5.41) is 154. The van der Waals surface area contributed by atoms with E-state index in [1.807, 2.05) is 6.08 Å². The number of carbonyl (C=O) groups is 1. The molecule has 0 spiro atoms. The summed E-state index contributed by atoms with van der Waals surface area (Å²) in [7, 11) is 0. The van der Waals surface area contributed by atoms with E-state index in [2.05, 4.69) is 19.2 Å². The third-order valence-corrected chi connectivity index (χ3v) is 16.7. The van der Waals surface area contributed by atoms with Crippen molar-refractivity contribution in [3.63, 3.8) is 0 Å². The summed E-state index contributed by atoms with van der Waals surface area (Å²) in [6.07, 6.45) is -2.03. The van der Waals surface area contributed by atoms with Crippen molar-refractivity contribution >= 4 is 5.91 Å². The summed E-state index contributed by atoms with van der Waals surface area (Å²) in [6, 6.07) is -1.00. The fraction of sp³-hybridized carbons (Fsp3) is 0.950. The van der Waals surface area contributed by atoms with Crippen LogP contribution in [-0.4, -0.2) is 245 Å². The highest BCUT2D eigenvalue weighted by Gasteiger charge is 2.55. The van der Waals surface area contributed by atoms with Gasteiger partial charge < -0.3 is 115 Å². The minimum Gasteiger partial charge on any atom is -0.394 e. The number of allylic oxidation sites excluding steroid dienone is 1. The van der Waals surface area contributed by atoms with Crippen molar-refractivity contribution < 1.29 is 114 Å². The zero-order valence-electron chi connectivity index (χ0n) is 50.1. The molecule has 494 valence electrons. The summed E-state index contributed by atoms with van der Waals surface area (Å²) in [5.41, 5.74) is 0. The smallest absolute Gasteiger partial charge is 0.220 e. The normalized spacial score (nSPS) is 34.7. The molecule has 24 nitrogen and oxygen atoms in total. The van der Waals surface area contributed by atoms with Crippen LogP contribution < -0.4 is 5.32 Å². The minimum atomic E-state index is -2.08. The number of unbranched alkanes of at least 4 members (excludes halogenated alkanes) is 25. The second-order valence-corrected chi connectivity index (χ2v) is 23.6. The minimum absolute atomic E-state index is 0.221. The highest BCUT2D eigenvalue weighted by Crippen LogP contribution is 2.35. The second-order valence-electron chi connectivity index (χ2n) is 23.6. The average molecular weight is 1210 g/mol. The maximum Gasteiger partial charge on any atom is 0.220 e. The van der Waals surface area contributed by atoms with E-state index in [1.165, 1.54) is 122 Å². The molecule has 4 fully saturated rings. The lowest BCUT2D eigenvalue weighted by Crippen LogP contribution is -2.67. The van der Waals surface area contributed by atoms with E-state index in [0.29, 0.717) is 6.42 Å². The number of hydrogen-bond acceptors (Lipinski definition) is 23. The van der Waals surface area contributed by atoms with E-state index in [4.69, 9.17) is 37.9 Å². The molecule has 4 aliphatic heterocycles. The molecule has 0 bridgehead atoms. The molecule has 0 aliphatic carbocycles. The standard InChI is InChI=1S/C60H111NO23/c1-3-5-7-9-11-13-15-17-18-20-22-24-26-28-30-32-44(67)61-38(39(66)31-29-27-25-23-21-19-16-14-12-10-8-6-4-2)37-77-57-51(74)48(71)54(42(35-64)80-57)82-59-52(75)49(72)55(43(36-65)81-59)83-60-53(76)56(46(69)41(34-63)79-60)84-58-50(73)47(70)45(68)40(33-62)78-58/h29,31,38-43,45-60,62-66,68-76H,3-28,30,32-37H2,1-2H3,(H,61,67)/b31-29+/t38-,39+,40?,41?,42?,43?,45-,46-,47-,48+,49+,50?,51?,52?,53?,54+,55-,56-,57+,58+,59-,60-/m0/s1. The monoisotopic (exact) mass is 1210 g/mol. The summed E-state index contributed by atoms with van der Waals surface area (Å²) in [6.45, 7) is 0.546. The molecule has 84 heavy (non-hydrogen) atoms. The number of nitrogens with one attached hydrogen (secondary N) is 1. The van der Waals surface area contributed by atoms with Crippen LogP contribution in [0.1, 0.15) is 194 Å². The van der Waals surface area contributed by atoms with E-state index < -0.39 is 161 Å². The average Bonchev–Trinajstić information content (AvgIpc) is 2.80. The van der Waals surface area contributed by atoms with Crippen LogP contribution in [0.3, 0.4) is 0 Å². The molecule has 22 atom stereocenters. The molecule has 4 aliphatic rings. The SMILES string of the molecule is CCCCCCCCCCCCC/C=C/[C@@H](O)[C@H](CO[C@@H]1OC(CO)[C@@H](O[C@@H]2OC(CO)[C@H](O[C@@H]3OC(CO)[C@H](O)[C@H](O[C@H]4OC(CO)[C@H](O)[C@H](O)C4O)C3O)[C@H](O)C2O)[C@H](O)C1O)NC(=O)CCCCCCCCCCCCCCCCC. The number of amides is 1. The number of hydrogen-bond donors (Lipinski definition) is 15. The van der Waals surface area contributed by atoms with Gasteiger partial charge in [-0.05, 0) is 19.3 Å². The van der Waals surface area contributed by atoms with Crippen molar-refractivity contribution in [2.45, 2.75) is 329 Å². The molecule has 24 heteroatoms. The van der Waals surface area contributed by atoms with Gasteiger partial charge in [-0.15, -0.1) is 0 Å². The molecular formula is C60H111NO23. The first-order valence-corrected chi connectivity index (χ1v) is 32.0. The third-order valence-electron chi connectivity index (χ3n) is 16.7. The Balaban J connectivity index is 1.32. The van der Waals surface area contributed by atoms with Gasteiger partial charge in [0, 0.05) is 6.42 Å². The number of ether oxygens (including phenoxy) is 8. The number of aliphatic hydroxyl groups excluding tert-OH is 14. The first-order valence-electron chi connectivity index (χ1n) is 32.0. The van der Waals surface area contributed by atoms with Crippen molar-refractivity contribution in [3.05, 3.63) is 12.2 Å². The van der Waals surface area contributed by atoms with Crippen LogP contribution in [0.15, 0.2) is 12.2 Å². The van der Waals surface area contributed by atoms with Gasteiger partial charge in [0.2, 0.25) is 5.91 Å². The van der Waals surface area contributed by atoms with E-state index in [-0.39, 0.29) is 18.9 Å². The molecule has 0 aromatic carbocycles. The zero-order chi connectivity index (χ0) is 61.4. The fourth-order valence-electron chi connectivity index (χ4n) is 11.3. The Bertz CT molecular complexity index is 1710. The van der Waals surface area contributed by atoms with Crippen LogP contribution in [-0.2, 0) is 42.7 Å². The van der Waals surface area contributed by atoms with Gasteiger partial charge in [0.05, 0.1) is 45.2 Å². The Morgan fingerprint density at radius 2 is 0.774 bits per heavy atom. The second kappa shape index (κ2) is 42.3. The Morgan fingerprint density at radius 1 is 0.417 bits per heavy atom. The Morgan fingerprint density at radius 3 is 1.23 bits per heavy atom. The molecule has 15 N–H and O–H groups in total. The Kier molecular flexibility index (Phi) is 37.7. The van der Waals surface area contributed by atoms with E-state index in [1.54, 1.807) is 6.08 Å². The van der Waals surface area contributed by atoms with Crippen molar-refractivity contribution in [3.8, 4) is 0 Å². The predicted molar refractivity (Wildman–Crippen MR) is 305 cm³/mol. The van der Waals surface area contributed by atoms with Crippen LogP contribution >= 0.6 is 0 Å². The van der Waals surface area contributed by atoms with E-state index in [0.717, 1.165) is 44.9 Å². The van der Waals surface area contributed by atoms with Crippen LogP contribution in [0.25, 0.3) is 0 Å².